The third-order valence-electron chi connectivity index (χ3n) is 3.98. The van der Waals surface area contributed by atoms with Crippen molar-refractivity contribution in [3.05, 3.63) is 88.4 Å². The summed E-state index contributed by atoms with van der Waals surface area (Å²) in [5.74, 6) is 0.237. The van der Waals surface area contributed by atoms with Crippen LogP contribution in [0.4, 0.5) is 0 Å². The molecule has 0 saturated carbocycles. The Kier molecular flexibility index (Phi) is 6.69. The van der Waals surface area contributed by atoms with Crippen molar-refractivity contribution in [1.82, 2.24) is 5.43 Å². The highest BCUT2D eigenvalue weighted by atomic mass is 35.5. The van der Waals surface area contributed by atoms with E-state index in [-0.39, 0.29) is 5.91 Å². The molecule has 1 unspecified atom stereocenters. The van der Waals surface area contributed by atoms with Gasteiger partial charge in [0.2, 0.25) is 0 Å². The quantitative estimate of drug-likeness (QED) is 0.424. The normalized spacial score (nSPS) is 12.0. The molecule has 1 N–H and O–H groups in total. The molecule has 0 saturated heterocycles. The molecule has 0 aliphatic carbocycles. The van der Waals surface area contributed by atoms with E-state index in [1.807, 2.05) is 54.6 Å². The Morgan fingerprint density at radius 3 is 2.36 bits per heavy atom. The molecule has 0 bridgehead atoms. The van der Waals surface area contributed by atoms with E-state index in [4.69, 9.17) is 27.9 Å². The first-order valence-electron chi connectivity index (χ1n) is 8.63. The number of hydrogen-bond donors (Lipinski definition) is 1. The molecule has 3 aromatic carbocycles. The van der Waals surface area contributed by atoms with Crippen molar-refractivity contribution in [2.24, 2.45) is 5.10 Å². The van der Waals surface area contributed by atoms with Gasteiger partial charge in [-0.2, -0.15) is 5.10 Å². The summed E-state index contributed by atoms with van der Waals surface area (Å²) in [7, 11) is 0. The van der Waals surface area contributed by atoms with Crippen LogP contribution in [0.25, 0.3) is 11.1 Å². The van der Waals surface area contributed by atoms with E-state index in [0.717, 1.165) is 11.1 Å². The molecule has 0 aliphatic heterocycles. The van der Waals surface area contributed by atoms with Crippen LogP contribution in [0.1, 0.15) is 12.5 Å². The first-order chi connectivity index (χ1) is 13.5. The molecule has 1 atom stereocenters. The summed E-state index contributed by atoms with van der Waals surface area (Å²) in [5.41, 5.74) is 5.29. The van der Waals surface area contributed by atoms with Crippen molar-refractivity contribution in [2.45, 2.75) is 13.0 Å². The topological polar surface area (TPSA) is 50.7 Å². The van der Waals surface area contributed by atoms with Gasteiger partial charge < -0.3 is 4.74 Å². The van der Waals surface area contributed by atoms with Gasteiger partial charge in [-0.1, -0.05) is 71.7 Å². The summed E-state index contributed by atoms with van der Waals surface area (Å²) < 4.78 is 5.68. The highest BCUT2D eigenvalue weighted by Gasteiger charge is 2.14. The lowest BCUT2D eigenvalue weighted by Crippen LogP contribution is -2.33. The predicted octanol–water partition coefficient (Wildman–Crippen LogP) is 5.58. The maximum absolute atomic E-state index is 12.2. The van der Waals surface area contributed by atoms with E-state index in [9.17, 15) is 4.79 Å². The van der Waals surface area contributed by atoms with Crippen LogP contribution in [0, 0.1) is 0 Å². The first-order valence-corrected chi connectivity index (χ1v) is 9.38. The summed E-state index contributed by atoms with van der Waals surface area (Å²) in [6.45, 7) is 1.66. The molecule has 0 aromatic heterocycles. The van der Waals surface area contributed by atoms with Gasteiger partial charge in [-0.15, -0.1) is 0 Å². The monoisotopic (exact) mass is 412 g/mol. The zero-order chi connectivity index (χ0) is 19.9. The minimum absolute atomic E-state index is 0.367. The summed E-state index contributed by atoms with van der Waals surface area (Å²) in [6, 6.07) is 22.6. The molecule has 3 aromatic rings. The molecule has 0 aliphatic rings. The number of halogens is 2. The number of carbonyl (C=O) groups excluding carboxylic acids is 1. The fraction of sp³-hybridized carbons (Fsp3) is 0.0909. The van der Waals surface area contributed by atoms with Crippen LogP contribution in [-0.2, 0) is 4.79 Å². The SMILES string of the molecule is CC(Oc1ccc(-c2ccccc2)cc1)C(=O)N/N=C/c1ccc(Cl)cc1Cl. The Hall–Kier alpha value is -2.82. The van der Waals surface area contributed by atoms with Crippen molar-refractivity contribution in [2.75, 3.05) is 0 Å². The second-order valence-electron chi connectivity index (χ2n) is 6.05. The van der Waals surface area contributed by atoms with Crippen molar-refractivity contribution in [3.8, 4) is 16.9 Å². The smallest absolute Gasteiger partial charge is 0.280 e. The van der Waals surface area contributed by atoms with E-state index < -0.39 is 6.10 Å². The van der Waals surface area contributed by atoms with Crippen molar-refractivity contribution < 1.29 is 9.53 Å². The molecule has 0 fully saturated rings. The van der Waals surface area contributed by atoms with Gasteiger partial charge in [0, 0.05) is 10.6 Å². The van der Waals surface area contributed by atoms with Crippen molar-refractivity contribution in [1.29, 1.82) is 0 Å². The van der Waals surface area contributed by atoms with Crippen LogP contribution < -0.4 is 10.2 Å². The average Bonchev–Trinajstić information content (AvgIpc) is 2.70. The van der Waals surface area contributed by atoms with Gasteiger partial charge in [-0.3, -0.25) is 4.79 Å². The number of carbonyl (C=O) groups is 1. The lowest BCUT2D eigenvalue weighted by molar-refractivity contribution is -0.127. The molecule has 3 rings (SSSR count). The van der Waals surface area contributed by atoms with E-state index in [2.05, 4.69) is 10.5 Å². The van der Waals surface area contributed by atoms with E-state index in [0.29, 0.717) is 21.4 Å². The molecule has 0 radical (unpaired) electrons. The second kappa shape index (κ2) is 9.40. The van der Waals surface area contributed by atoms with Crippen LogP contribution in [0.15, 0.2) is 77.9 Å². The van der Waals surface area contributed by atoms with Gasteiger partial charge in [0.05, 0.1) is 11.2 Å². The summed E-state index contributed by atoms with van der Waals surface area (Å²) in [4.78, 5) is 12.2. The highest BCUT2D eigenvalue weighted by Crippen LogP contribution is 2.22. The molecule has 142 valence electrons. The van der Waals surface area contributed by atoms with Gasteiger partial charge in [0.25, 0.3) is 5.91 Å². The maximum Gasteiger partial charge on any atom is 0.280 e. The Morgan fingerprint density at radius 1 is 1.00 bits per heavy atom. The van der Waals surface area contributed by atoms with Gasteiger partial charge in [0.15, 0.2) is 6.10 Å². The maximum atomic E-state index is 12.2. The molecule has 4 nitrogen and oxygen atoms in total. The molecular formula is C22H18Cl2N2O2. The summed E-state index contributed by atoms with van der Waals surface area (Å²) in [6.07, 6.45) is 0.748. The molecule has 1 amide bonds. The zero-order valence-corrected chi connectivity index (χ0v) is 16.6. The summed E-state index contributed by atoms with van der Waals surface area (Å²) in [5, 5.41) is 4.90. The number of rotatable bonds is 6. The van der Waals surface area contributed by atoms with Gasteiger partial charge in [0.1, 0.15) is 5.75 Å². The number of nitrogens with zero attached hydrogens (tertiary/aromatic N) is 1. The molecule has 0 spiro atoms. The van der Waals surface area contributed by atoms with Crippen molar-refractivity contribution >= 4 is 35.3 Å². The number of hydrazone groups is 1. The minimum atomic E-state index is -0.708. The number of nitrogens with one attached hydrogen (secondary N) is 1. The second-order valence-corrected chi connectivity index (χ2v) is 6.89. The standard InChI is InChI=1S/C22H18Cl2N2O2/c1-15(22(27)26-25-14-18-7-10-19(23)13-21(18)24)28-20-11-8-17(9-12-20)16-5-3-2-4-6-16/h2-15H,1H3,(H,26,27)/b25-14+. The third-order valence-corrected chi connectivity index (χ3v) is 4.55. The highest BCUT2D eigenvalue weighted by molar-refractivity contribution is 6.36. The fourth-order valence-corrected chi connectivity index (χ4v) is 2.93. The van der Waals surface area contributed by atoms with Gasteiger partial charge >= 0.3 is 0 Å². The lowest BCUT2D eigenvalue weighted by Gasteiger charge is -2.13. The fourth-order valence-electron chi connectivity index (χ4n) is 2.48. The summed E-state index contributed by atoms with van der Waals surface area (Å²) >= 11 is 11.9. The Morgan fingerprint density at radius 2 is 1.68 bits per heavy atom. The van der Waals surface area contributed by atoms with Crippen molar-refractivity contribution in [3.63, 3.8) is 0 Å². The number of amides is 1. The van der Waals surface area contributed by atoms with Gasteiger partial charge in [-0.05, 0) is 42.3 Å². The molecule has 0 heterocycles. The van der Waals surface area contributed by atoms with E-state index >= 15 is 0 Å². The number of hydrogen-bond acceptors (Lipinski definition) is 3. The van der Waals surface area contributed by atoms with Gasteiger partial charge in [-0.25, -0.2) is 5.43 Å². The zero-order valence-electron chi connectivity index (χ0n) is 15.1. The Bertz CT molecular complexity index is 974. The molecule has 28 heavy (non-hydrogen) atoms. The molecule has 6 heteroatoms. The largest absolute Gasteiger partial charge is 0.481 e. The first kappa shape index (κ1) is 19.9. The Labute approximate surface area is 173 Å². The number of ether oxygens (including phenoxy) is 1. The minimum Gasteiger partial charge on any atom is -0.481 e. The Balaban J connectivity index is 1.56. The van der Waals surface area contributed by atoms with Crippen LogP contribution in [-0.4, -0.2) is 18.2 Å². The van der Waals surface area contributed by atoms with E-state index in [1.165, 1.54) is 6.21 Å². The molecular weight excluding hydrogens is 395 g/mol. The van der Waals surface area contributed by atoms with E-state index in [1.54, 1.807) is 25.1 Å². The van der Waals surface area contributed by atoms with Crippen LogP contribution in [0.5, 0.6) is 5.75 Å². The van der Waals surface area contributed by atoms with Crippen LogP contribution >= 0.6 is 23.2 Å². The van der Waals surface area contributed by atoms with Crippen LogP contribution in [0.2, 0.25) is 10.0 Å². The van der Waals surface area contributed by atoms with Crippen LogP contribution in [0.3, 0.4) is 0 Å². The third kappa shape index (κ3) is 5.35. The average molecular weight is 413 g/mol. The number of benzene rings is 3. The lowest BCUT2D eigenvalue weighted by atomic mass is 10.1. The predicted molar refractivity (Wildman–Crippen MR) is 114 cm³/mol.